The third-order valence-corrected chi connectivity index (χ3v) is 2.35. The van der Waals surface area contributed by atoms with Crippen molar-refractivity contribution in [3.05, 3.63) is 35.1 Å². The van der Waals surface area contributed by atoms with Crippen molar-refractivity contribution < 1.29 is 14.0 Å². The molecule has 0 aliphatic carbocycles. The van der Waals surface area contributed by atoms with Gasteiger partial charge in [-0.15, -0.1) is 0 Å². The molecule has 0 saturated heterocycles. The Morgan fingerprint density at radius 1 is 1.26 bits per heavy atom. The van der Waals surface area contributed by atoms with Crippen LogP contribution in [0.4, 0.5) is 4.39 Å². The van der Waals surface area contributed by atoms with Gasteiger partial charge in [0.25, 0.3) is 0 Å². The minimum absolute atomic E-state index is 0.0345. The van der Waals surface area contributed by atoms with E-state index in [-0.39, 0.29) is 30.8 Å². The number of hydrogen-bond donors (Lipinski definition) is 2. The maximum atomic E-state index is 13.8. The highest BCUT2D eigenvalue weighted by molar-refractivity contribution is 5.79. The quantitative estimate of drug-likeness (QED) is 0.718. The molecule has 0 atom stereocenters. The summed E-state index contributed by atoms with van der Waals surface area (Å²) in [6, 6.07) is 6.03. The Hall–Kier alpha value is -2.46. The highest BCUT2D eigenvalue weighted by atomic mass is 19.1. The molecule has 6 nitrogen and oxygen atoms in total. The Bertz CT molecular complexity index is 523. The van der Waals surface area contributed by atoms with Gasteiger partial charge in [-0.05, 0) is 6.07 Å². The summed E-state index contributed by atoms with van der Waals surface area (Å²) in [5.74, 6) is -1.99. The van der Waals surface area contributed by atoms with Crippen LogP contribution in [0.1, 0.15) is 11.1 Å². The highest BCUT2D eigenvalue weighted by Gasteiger charge is 2.15. The van der Waals surface area contributed by atoms with Crippen molar-refractivity contribution in [2.24, 2.45) is 11.5 Å². The SMILES string of the molecule is N#Cc1cccc(CN(CC(N)=O)CC(N)=O)c1F. The van der Waals surface area contributed by atoms with Crippen LogP contribution in [0.15, 0.2) is 18.2 Å². The monoisotopic (exact) mass is 264 g/mol. The Labute approximate surface area is 109 Å². The number of amides is 2. The zero-order chi connectivity index (χ0) is 14.4. The number of nitrogens with two attached hydrogens (primary N) is 2. The van der Waals surface area contributed by atoms with E-state index in [9.17, 15) is 14.0 Å². The molecule has 0 spiro atoms. The minimum atomic E-state index is -0.677. The second kappa shape index (κ2) is 6.47. The van der Waals surface area contributed by atoms with Crippen LogP contribution in [0, 0.1) is 17.1 Å². The number of halogens is 1. The molecule has 7 heteroatoms. The average molecular weight is 264 g/mol. The van der Waals surface area contributed by atoms with Gasteiger partial charge in [-0.25, -0.2) is 4.39 Å². The predicted octanol–water partition coefficient (Wildman–Crippen LogP) is -0.530. The van der Waals surface area contributed by atoms with Crippen molar-refractivity contribution >= 4 is 11.8 Å². The van der Waals surface area contributed by atoms with Gasteiger partial charge in [0.2, 0.25) is 11.8 Å². The first-order valence-electron chi connectivity index (χ1n) is 5.40. The fraction of sp³-hybridized carbons (Fsp3) is 0.250. The second-order valence-corrected chi connectivity index (χ2v) is 3.97. The van der Waals surface area contributed by atoms with E-state index in [0.29, 0.717) is 0 Å². The molecule has 2 amide bonds. The van der Waals surface area contributed by atoms with E-state index in [0.717, 1.165) is 0 Å². The fourth-order valence-corrected chi connectivity index (χ4v) is 1.64. The van der Waals surface area contributed by atoms with Crippen molar-refractivity contribution in [2.45, 2.75) is 6.54 Å². The van der Waals surface area contributed by atoms with Crippen LogP contribution < -0.4 is 11.5 Å². The van der Waals surface area contributed by atoms with Crippen LogP contribution in [-0.2, 0) is 16.1 Å². The lowest BCUT2D eigenvalue weighted by Gasteiger charge is -2.19. The summed E-state index contributed by atoms with van der Waals surface area (Å²) in [4.78, 5) is 23.1. The maximum Gasteiger partial charge on any atom is 0.231 e. The first-order valence-corrected chi connectivity index (χ1v) is 5.40. The lowest BCUT2D eigenvalue weighted by atomic mass is 10.1. The van der Waals surface area contributed by atoms with Crippen molar-refractivity contribution in [1.29, 1.82) is 5.26 Å². The first kappa shape index (κ1) is 14.6. The molecule has 0 fully saturated rings. The van der Waals surface area contributed by atoms with Crippen LogP contribution >= 0.6 is 0 Å². The van der Waals surface area contributed by atoms with E-state index in [2.05, 4.69) is 0 Å². The number of carbonyl (C=O) groups is 2. The Balaban J connectivity index is 2.93. The normalized spacial score (nSPS) is 10.2. The lowest BCUT2D eigenvalue weighted by molar-refractivity contribution is -0.122. The van der Waals surface area contributed by atoms with Gasteiger partial charge < -0.3 is 11.5 Å². The Morgan fingerprint density at radius 2 is 1.84 bits per heavy atom. The van der Waals surface area contributed by atoms with Gasteiger partial charge in [0.15, 0.2) is 0 Å². The fourth-order valence-electron chi connectivity index (χ4n) is 1.64. The molecular formula is C12H13FN4O2. The van der Waals surface area contributed by atoms with Crippen molar-refractivity contribution in [3.8, 4) is 6.07 Å². The summed E-state index contributed by atoms with van der Waals surface area (Å²) in [5.41, 5.74) is 10.2. The van der Waals surface area contributed by atoms with Gasteiger partial charge >= 0.3 is 0 Å². The topological polar surface area (TPSA) is 113 Å². The van der Waals surface area contributed by atoms with E-state index in [4.69, 9.17) is 16.7 Å². The molecule has 0 bridgehead atoms. The van der Waals surface area contributed by atoms with Gasteiger partial charge in [-0.3, -0.25) is 14.5 Å². The first-order chi connectivity index (χ1) is 8.93. The van der Waals surface area contributed by atoms with Gasteiger partial charge in [-0.2, -0.15) is 5.26 Å². The second-order valence-electron chi connectivity index (χ2n) is 3.97. The van der Waals surface area contributed by atoms with E-state index < -0.39 is 17.6 Å². The summed E-state index contributed by atoms with van der Waals surface area (Å²) in [6.45, 7) is -0.481. The van der Waals surface area contributed by atoms with Gasteiger partial charge in [0, 0.05) is 12.1 Å². The Morgan fingerprint density at radius 3 is 2.32 bits per heavy atom. The molecule has 4 N–H and O–H groups in total. The summed E-state index contributed by atoms with van der Waals surface area (Å²) >= 11 is 0. The van der Waals surface area contributed by atoms with Crippen LogP contribution in [-0.4, -0.2) is 29.8 Å². The highest BCUT2D eigenvalue weighted by Crippen LogP contribution is 2.14. The number of nitriles is 1. The lowest BCUT2D eigenvalue weighted by Crippen LogP contribution is -2.39. The largest absolute Gasteiger partial charge is 0.369 e. The van der Waals surface area contributed by atoms with Crippen molar-refractivity contribution in [2.75, 3.05) is 13.1 Å². The van der Waals surface area contributed by atoms with Crippen LogP contribution in [0.5, 0.6) is 0 Å². The molecule has 0 aromatic heterocycles. The molecule has 0 unspecified atom stereocenters. The molecule has 19 heavy (non-hydrogen) atoms. The Kier molecular flexibility index (Phi) is 4.97. The van der Waals surface area contributed by atoms with Crippen LogP contribution in [0.3, 0.4) is 0 Å². The standard InChI is InChI=1S/C12H13FN4O2/c13-12-8(4-14)2-1-3-9(12)5-17(6-10(15)18)7-11(16)19/h1-3H,5-7H2,(H2,15,18)(H2,16,19). The van der Waals surface area contributed by atoms with Gasteiger partial charge in [0.05, 0.1) is 18.7 Å². The molecule has 0 heterocycles. The molecule has 0 saturated carbocycles. The smallest absolute Gasteiger partial charge is 0.231 e. The molecule has 0 aliphatic rings. The third kappa shape index (κ3) is 4.37. The molecule has 100 valence electrons. The molecule has 0 radical (unpaired) electrons. The zero-order valence-electron chi connectivity index (χ0n) is 10.1. The van der Waals surface area contributed by atoms with Crippen molar-refractivity contribution in [3.63, 3.8) is 0 Å². The number of rotatable bonds is 6. The van der Waals surface area contributed by atoms with E-state index >= 15 is 0 Å². The summed E-state index contributed by atoms with van der Waals surface area (Å²) in [6.07, 6.45) is 0. The van der Waals surface area contributed by atoms with Gasteiger partial charge in [-0.1, -0.05) is 12.1 Å². The summed E-state index contributed by atoms with van der Waals surface area (Å²) < 4.78 is 13.8. The van der Waals surface area contributed by atoms with Gasteiger partial charge in [0.1, 0.15) is 11.9 Å². The number of nitrogens with zero attached hydrogens (tertiary/aromatic N) is 2. The molecular weight excluding hydrogens is 251 g/mol. The minimum Gasteiger partial charge on any atom is -0.369 e. The third-order valence-electron chi connectivity index (χ3n) is 2.35. The molecule has 1 rings (SSSR count). The molecule has 0 aliphatic heterocycles. The summed E-state index contributed by atoms with van der Waals surface area (Å²) in [5, 5.41) is 8.72. The van der Waals surface area contributed by atoms with Crippen LogP contribution in [0.2, 0.25) is 0 Å². The number of carbonyl (C=O) groups excluding carboxylic acids is 2. The summed E-state index contributed by atoms with van der Waals surface area (Å²) in [7, 11) is 0. The average Bonchev–Trinajstić information content (AvgIpc) is 2.30. The number of primary amides is 2. The number of hydrogen-bond acceptors (Lipinski definition) is 4. The molecule has 1 aromatic carbocycles. The maximum absolute atomic E-state index is 13.8. The van der Waals surface area contributed by atoms with E-state index in [1.54, 1.807) is 6.07 Å². The van der Waals surface area contributed by atoms with E-state index in [1.807, 2.05) is 0 Å². The van der Waals surface area contributed by atoms with Crippen molar-refractivity contribution in [1.82, 2.24) is 4.90 Å². The number of benzene rings is 1. The van der Waals surface area contributed by atoms with E-state index in [1.165, 1.54) is 23.1 Å². The van der Waals surface area contributed by atoms with Crippen LogP contribution in [0.25, 0.3) is 0 Å². The molecule has 1 aromatic rings. The zero-order valence-corrected chi connectivity index (χ0v) is 10.1. The predicted molar refractivity (Wildman–Crippen MR) is 64.8 cm³/mol.